The Morgan fingerprint density at radius 1 is 0.323 bits per heavy atom. The highest BCUT2D eigenvalue weighted by molar-refractivity contribution is 5.91. The number of hydrogen-bond acceptors (Lipinski definition) is 5. The molecule has 0 unspecified atom stereocenters. The van der Waals surface area contributed by atoms with Crippen LogP contribution in [0.25, 0.3) is 102 Å². The van der Waals surface area contributed by atoms with E-state index in [1.165, 1.54) is 44.5 Å². The predicted molar refractivity (Wildman–Crippen MR) is 410 cm³/mol. The summed E-state index contributed by atoms with van der Waals surface area (Å²) in [6.07, 6.45) is 0. The molecule has 0 fully saturated rings. The van der Waals surface area contributed by atoms with E-state index >= 15 is 0 Å². The molecule has 3 N–H and O–H groups in total. The van der Waals surface area contributed by atoms with E-state index in [1.807, 2.05) is 66.7 Å². The van der Waals surface area contributed by atoms with Gasteiger partial charge >= 0.3 is 5.97 Å². The quantitative estimate of drug-likeness (QED) is 0.0885. The number of aryl methyl sites for hydroxylation is 4. The van der Waals surface area contributed by atoms with Crippen LogP contribution < -0.4 is 0 Å². The van der Waals surface area contributed by atoms with Crippen LogP contribution in [0.1, 0.15) is 182 Å². The maximum atomic E-state index is 12.3. The van der Waals surface area contributed by atoms with Gasteiger partial charge in [-0.15, -0.1) is 0 Å². The number of imidazole rings is 3. The molecular weight excluding hydrogens is 1170 g/mol. The second-order valence-corrected chi connectivity index (χ2v) is 24.8. The Kier molecular flexibility index (Phi) is 27.2. The molecule has 0 bridgehead atoms. The van der Waals surface area contributed by atoms with E-state index in [4.69, 9.17) is 19.7 Å². The normalized spacial score (nSPS) is 10.7. The summed E-state index contributed by atoms with van der Waals surface area (Å²) in [5, 5.41) is 0. The number of ether oxygens (including phenoxy) is 1. The SMILES string of the molecule is CC.CC.CC.CCOC(=O)c1cccc(-c2nc(-c3ccc(C(C)C)cc3)c(-c3ccc(C(C)C)cc3)[nH]2)c1.Cc1ccc(-c2nc(-c3cccc(C(C)C)c3)[nH]c2-c2ccc(C)cc2)cc1.Cc1ccc(-c2nc(-c3cccc(C(C)C)c3)[nH]c2-c2ccc(C)cc2)cc1. The van der Waals surface area contributed by atoms with E-state index in [0.29, 0.717) is 35.8 Å². The molecule has 0 radical (unpaired) electrons. The lowest BCUT2D eigenvalue weighted by atomic mass is 9.97. The first-order valence-corrected chi connectivity index (χ1v) is 34.7. The van der Waals surface area contributed by atoms with Gasteiger partial charge in [-0.05, 0) is 105 Å². The van der Waals surface area contributed by atoms with Crippen molar-refractivity contribution < 1.29 is 9.53 Å². The van der Waals surface area contributed by atoms with E-state index < -0.39 is 0 Å². The summed E-state index contributed by atoms with van der Waals surface area (Å²) in [5.74, 6) is 4.13. The number of benzene rings is 9. The molecule has 0 spiro atoms. The van der Waals surface area contributed by atoms with Crippen LogP contribution in [-0.4, -0.2) is 42.5 Å². The minimum Gasteiger partial charge on any atom is -0.462 e. The fourth-order valence-electron chi connectivity index (χ4n) is 10.8. The van der Waals surface area contributed by atoms with Crippen molar-refractivity contribution in [1.29, 1.82) is 0 Å². The van der Waals surface area contributed by atoms with Gasteiger partial charge in [0.2, 0.25) is 0 Å². The highest BCUT2D eigenvalue weighted by atomic mass is 16.5. The molecule has 0 saturated carbocycles. The number of nitrogens with one attached hydrogen (secondary N) is 3. The van der Waals surface area contributed by atoms with Crippen LogP contribution in [0, 0.1) is 27.7 Å². The van der Waals surface area contributed by atoms with Crippen LogP contribution >= 0.6 is 0 Å². The van der Waals surface area contributed by atoms with Gasteiger partial charge in [-0.3, -0.25) is 0 Å². The lowest BCUT2D eigenvalue weighted by molar-refractivity contribution is 0.0526. The minimum absolute atomic E-state index is 0.329. The molecule has 0 atom stereocenters. The largest absolute Gasteiger partial charge is 0.462 e. The number of esters is 1. The standard InChI is InChI=1S/C30H32N2O2.2C26H26N2.3C2H6/c1-6-34-30(33)26-9-7-8-25(18-26)29-31-27(23-14-10-21(11-15-23)19(2)3)28(32-29)24-16-12-22(13-17-24)20(4)5;2*1-17(2)22-6-5-7-23(16-22)26-27-24(20-12-8-18(3)9-13-20)25(28-26)21-14-10-19(4)11-15-21;3*1-2/h7-20H,6H2,1-5H3,(H,31,32);2*5-17H,1-4H3,(H,27,28);3*1-2H3. The monoisotopic (exact) mass is 1270 g/mol. The number of nitrogens with zero attached hydrogens (tertiary/aromatic N) is 3. The molecule has 496 valence electrons. The van der Waals surface area contributed by atoms with Crippen molar-refractivity contribution >= 4 is 5.97 Å². The van der Waals surface area contributed by atoms with Crippen LogP contribution in [-0.2, 0) is 4.74 Å². The summed E-state index contributed by atoms with van der Waals surface area (Å²) < 4.78 is 5.18. The molecule has 0 amide bonds. The Hall–Kier alpha value is -9.92. The van der Waals surface area contributed by atoms with Gasteiger partial charge in [0, 0.05) is 50.1 Å². The second-order valence-electron chi connectivity index (χ2n) is 24.8. The molecule has 8 heteroatoms. The lowest BCUT2D eigenvalue weighted by Crippen LogP contribution is -2.04. The highest BCUT2D eigenvalue weighted by Crippen LogP contribution is 2.38. The smallest absolute Gasteiger partial charge is 0.338 e. The average molecular weight is 1280 g/mol. The highest BCUT2D eigenvalue weighted by Gasteiger charge is 2.21. The summed E-state index contributed by atoms with van der Waals surface area (Å²) in [4.78, 5) is 38.0. The summed E-state index contributed by atoms with van der Waals surface area (Å²) in [5.41, 5.74) is 26.5. The van der Waals surface area contributed by atoms with Gasteiger partial charge in [0.1, 0.15) is 17.5 Å². The minimum atomic E-state index is -0.329. The molecule has 3 heterocycles. The molecule has 0 aliphatic rings. The molecule has 3 aromatic heterocycles. The van der Waals surface area contributed by atoms with Gasteiger partial charge in [0.15, 0.2) is 0 Å². The van der Waals surface area contributed by atoms with Crippen molar-refractivity contribution in [3.05, 3.63) is 268 Å². The molecule has 8 nitrogen and oxygen atoms in total. The van der Waals surface area contributed by atoms with E-state index in [-0.39, 0.29) is 5.97 Å². The third kappa shape index (κ3) is 18.9. The number of carbonyl (C=O) groups excluding carboxylic acids is 1. The van der Waals surface area contributed by atoms with Gasteiger partial charge in [-0.1, -0.05) is 313 Å². The zero-order valence-electron chi connectivity index (χ0n) is 60.5. The van der Waals surface area contributed by atoms with Crippen LogP contribution in [0.15, 0.2) is 218 Å². The average Bonchev–Trinajstić information content (AvgIpc) is 1.66. The zero-order valence-corrected chi connectivity index (χ0v) is 60.5. The molecule has 0 saturated heterocycles. The molecule has 0 aliphatic heterocycles. The Morgan fingerprint density at radius 3 is 0.875 bits per heavy atom. The molecular formula is C88H102N6O2. The lowest BCUT2D eigenvalue weighted by Gasteiger charge is -2.09. The fourth-order valence-corrected chi connectivity index (χ4v) is 10.8. The van der Waals surface area contributed by atoms with Crippen LogP contribution in [0.3, 0.4) is 0 Å². The number of carbonyl (C=O) groups is 1. The van der Waals surface area contributed by atoms with Gasteiger partial charge < -0.3 is 19.7 Å². The summed E-state index contributed by atoms with van der Waals surface area (Å²) in [6.45, 7) is 40.2. The summed E-state index contributed by atoms with van der Waals surface area (Å²) in [6, 6.07) is 76.4. The number of rotatable bonds is 15. The van der Waals surface area contributed by atoms with Gasteiger partial charge in [0.05, 0.1) is 46.3 Å². The predicted octanol–water partition coefficient (Wildman–Crippen LogP) is 25.2. The summed E-state index contributed by atoms with van der Waals surface area (Å²) in [7, 11) is 0. The van der Waals surface area contributed by atoms with E-state index in [2.05, 4.69) is 292 Å². The second kappa shape index (κ2) is 35.5. The Bertz CT molecular complexity index is 3960. The van der Waals surface area contributed by atoms with Crippen molar-refractivity contribution in [2.75, 3.05) is 6.61 Å². The first-order chi connectivity index (χ1) is 46.4. The molecule has 96 heavy (non-hydrogen) atoms. The third-order valence-electron chi connectivity index (χ3n) is 16.5. The van der Waals surface area contributed by atoms with Gasteiger partial charge in [0.25, 0.3) is 0 Å². The Labute approximate surface area is 574 Å². The number of aromatic nitrogens is 6. The number of H-pyrrole nitrogens is 3. The topological polar surface area (TPSA) is 112 Å². The summed E-state index contributed by atoms with van der Waals surface area (Å²) >= 11 is 0. The van der Waals surface area contributed by atoms with Gasteiger partial charge in [-0.25, -0.2) is 19.7 Å². The molecule has 12 aromatic rings. The Morgan fingerprint density at radius 2 is 0.583 bits per heavy atom. The number of hydrogen-bond donors (Lipinski definition) is 3. The van der Waals surface area contributed by atoms with Crippen molar-refractivity contribution in [3.8, 4) is 102 Å². The first kappa shape index (κ1) is 73.5. The fraction of sp³-hybridized carbons (Fsp3) is 0.273. The first-order valence-electron chi connectivity index (χ1n) is 34.7. The third-order valence-corrected chi connectivity index (χ3v) is 16.5. The van der Waals surface area contributed by atoms with Crippen molar-refractivity contribution in [2.45, 2.75) is 155 Å². The van der Waals surface area contributed by atoms with Crippen molar-refractivity contribution in [1.82, 2.24) is 29.9 Å². The van der Waals surface area contributed by atoms with E-state index in [0.717, 1.165) is 102 Å². The number of aromatic amines is 3. The molecule has 9 aromatic carbocycles. The van der Waals surface area contributed by atoms with E-state index in [9.17, 15) is 4.79 Å². The Balaban J connectivity index is 0.000000196. The van der Waals surface area contributed by atoms with Crippen LogP contribution in [0.5, 0.6) is 0 Å². The maximum absolute atomic E-state index is 12.3. The maximum Gasteiger partial charge on any atom is 0.338 e. The van der Waals surface area contributed by atoms with Crippen LogP contribution in [0.2, 0.25) is 0 Å². The molecule has 0 aliphatic carbocycles. The van der Waals surface area contributed by atoms with E-state index in [1.54, 1.807) is 6.07 Å². The zero-order chi connectivity index (χ0) is 69.6. The molecule has 12 rings (SSSR count). The van der Waals surface area contributed by atoms with Crippen molar-refractivity contribution in [2.24, 2.45) is 0 Å². The van der Waals surface area contributed by atoms with Crippen LogP contribution in [0.4, 0.5) is 0 Å². The van der Waals surface area contributed by atoms with Crippen molar-refractivity contribution in [3.63, 3.8) is 0 Å². The van der Waals surface area contributed by atoms with Gasteiger partial charge in [-0.2, -0.15) is 0 Å².